The molecule has 0 spiro atoms. The highest BCUT2D eigenvalue weighted by Gasteiger charge is 2.25. The Morgan fingerprint density at radius 3 is 2.44 bits per heavy atom. The van der Waals surface area contributed by atoms with Gasteiger partial charge in [-0.3, -0.25) is 0 Å². The quantitative estimate of drug-likeness (QED) is 0.691. The predicted molar refractivity (Wildman–Crippen MR) is 80.5 cm³/mol. The van der Waals surface area contributed by atoms with E-state index in [-0.39, 0.29) is 0 Å². The van der Waals surface area contributed by atoms with Crippen LogP contribution in [0.5, 0.6) is 5.75 Å². The molecule has 2 heteroatoms. The summed E-state index contributed by atoms with van der Waals surface area (Å²) in [5.41, 5.74) is 2.62. The third kappa shape index (κ3) is 3.09. The molecular weight excluding hydrogens is 288 g/mol. The van der Waals surface area contributed by atoms with Crippen molar-refractivity contribution in [3.8, 4) is 5.75 Å². The van der Waals surface area contributed by atoms with Crippen LogP contribution in [0, 0.1) is 18.8 Å². The number of hydrogen-bond donors (Lipinski definition) is 0. The minimum atomic E-state index is 0.495. The van der Waals surface area contributed by atoms with Crippen molar-refractivity contribution in [1.82, 2.24) is 0 Å². The van der Waals surface area contributed by atoms with E-state index in [9.17, 15) is 0 Å². The van der Waals surface area contributed by atoms with Crippen LogP contribution in [0.25, 0.3) is 0 Å². The van der Waals surface area contributed by atoms with Gasteiger partial charge in [0.15, 0.2) is 0 Å². The van der Waals surface area contributed by atoms with Crippen LogP contribution in [0.4, 0.5) is 0 Å². The van der Waals surface area contributed by atoms with Gasteiger partial charge in [0.05, 0.1) is 7.11 Å². The van der Waals surface area contributed by atoms with Crippen molar-refractivity contribution >= 4 is 15.9 Å². The zero-order chi connectivity index (χ0) is 13.1. The van der Waals surface area contributed by atoms with E-state index < -0.39 is 0 Å². The molecule has 0 heterocycles. The van der Waals surface area contributed by atoms with Crippen LogP contribution < -0.4 is 4.74 Å². The van der Waals surface area contributed by atoms with Crippen LogP contribution in [-0.4, -0.2) is 7.11 Å². The number of halogens is 1. The third-order valence-corrected chi connectivity index (χ3v) is 5.49. The molecule has 1 unspecified atom stereocenters. The summed E-state index contributed by atoms with van der Waals surface area (Å²) >= 11 is 3.91. The van der Waals surface area contributed by atoms with Gasteiger partial charge in [0.2, 0.25) is 0 Å². The molecule has 1 atom stereocenters. The predicted octanol–water partition coefficient (Wildman–Crippen LogP) is 5.27. The minimum Gasteiger partial charge on any atom is -0.496 e. The number of methoxy groups -OCH3 is 1. The molecule has 2 rings (SSSR count). The Hall–Kier alpha value is -0.500. The first kappa shape index (κ1) is 13.9. The summed E-state index contributed by atoms with van der Waals surface area (Å²) in [6.07, 6.45) is 5.45. The van der Waals surface area contributed by atoms with Gasteiger partial charge >= 0.3 is 0 Å². The lowest BCUT2D eigenvalue weighted by Gasteiger charge is -2.30. The summed E-state index contributed by atoms with van der Waals surface area (Å²) in [5.74, 6) is 2.68. The molecule has 1 aromatic carbocycles. The summed E-state index contributed by atoms with van der Waals surface area (Å²) in [4.78, 5) is 0.495. The second kappa shape index (κ2) is 6.10. The Balaban J connectivity index is 2.08. The van der Waals surface area contributed by atoms with Crippen molar-refractivity contribution in [2.45, 2.75) is 44.4 Å². The van der Waals surface area contributed by atoms with Gasteiger partial charge in [0.25, 0.3) is 0 Å². The number of ether oxygens (including phenoxy) is 1. The second-order valence-corrected chi connectivity index (χ2v) is 6.64. The summed E-state index contributed by atoms with van der Waals surface area (Å²) in [6, 6.07) is 6.55. The smallest absolute Gasteiger partial charge is 0.121 e. The standard InChI is InChI=1S/C16H23BrO/c1-11-4-6-13(7-5-11)16(17)14-8-9-15(18-3)12(2)10-14/h8-11,13,16H,4-7H2,1-3H3. The molecule has 1 aliphatic carbocycles. The lowest BCUT2D eigenvalue weighted by atomic mass is 9.80. The van der Waals surface area contributed by atoms with E-state index in [1.807, 2.05) is 0 Å². The van der Waals surface area contributed by atoms with E-state index in [1.165, 1.54) is 36.8 Å². The van der Waals surface area contributed by atoms with Gasteiger partial charge in [-0.15, -0.1) is 0 Å². The average molecular weight is 311 g/mol. The molecule has 0 bridgehead atoms. The molecule has 1 nitrogen and oxygen atoms in total. The van der Waals surface area contributed by atoms with Crippen LogP contribution in [0.15, 0.2) is 18.2 Å². The largest absolute Gasteiger partial charge is 0.496 e. The number of hydrogen-bond acceptors (Lipinski definition) is 1. The van der Waals surface area contributed by atoms with Crippen molar-refractivity contribution in [2.24, 2.45) is 11.8 Å². The van der Waals surface area contributed by atoms with Crippen LogP contribution in [-0.2, 0) is 0 Å². The third-order valence-electron chi connectivity index (χ3n) is 4.21. The van der Waals surface area contributed by atoms with Gasteiger partial charge in [-0.05, 0) is 48.8 Å². The minimum absolute atomic E-state index is 0.495. The van der Waals surface area contributed by atoms with Crippen LogP contribution >= 0.6 is 15.9 Å². The number of aryl methyl sites for hydroxylation is 1. The highest BCUT2D eigenvalue weighted by Crippen LogP contribution is 2.42. The Morgan fingerprint density at radius 2 is 1.89 bits per heavy atom. The molecule has 1 aliphatic rings. The van der Waals surface area contributed by atoms with Crippen molar-refractivity contribution in [3.63, 3.8) is 0 Å². The lowest BCUT2D eigenvalue weighted by molar-refractivity contribution is 0.287. The molecule has 0 amide bonds. The lowest BCUT2D eigenvalue weighted by Crippen LogP contribution is -2.16. The number of rotatable bonds is 3. The molecule has 0 saturated heterocycles. The van der Waals surface area contributed by atoms with Crippen LogP contribution in [0.2, 0.25) is 0 Å². The fourth-order valence-corrected chi connectivity index (χ4v) is 3.74. The van der Waals surface area contributed by atoms with Gasteiger partial charge in [0.1, 0.15) is 5.75 Å². The van der Waals surface area contributed by atoms with Crippen LogP contribution in [0.3, 0.4) is 0 Å². The molecule has 1 fully saturated rings. The van der Waals surface area contributed by atoms with Crippen molar-refractivity contribution < 1.29 is 4.74 Å². The van der Waals surface area contributed by atoms with E-state index in [0.717, 1.165) is 17.6 Å². The average Bonchev–Trinajstić information content (AvgIpc) is 2.38. The normalized spacial score (nSPS) is 25.8. The Bertz CT molecular complexity index is 394. The van der Waals surface area contributed by atoms with E-state index >= 15 is 0 Å². The molecule has 18 heavy (non-hydrogen) atoms. The highest BCUT2D eigenvalue weighted by molar-refractivity contribution is 9.09. The van der Waals surface area contributed by atoms with E-state index in [4.69, 9.17) is 4.74 Å². The Labute approximate surface area is 119 Å². The van der Waals surface area contributed by atoms with Gasteiger partial charge in [-0.25, -0.2) is 0 Å². The summed E-state index contributed by atoms with van der Waals surface area (Å²) < 4.78 is 5.32. The van der Waals surface area contributed by atoms with Crippen molar-refractivity contribution in [1.29, 1.82) is 0 Å². The van der Waals surface area contributed by atoms with Gasteiger partial charge < -0.3 is 4.74 Å². The summed E-state index contributed by atoms with van der Waals surface area (Å²) in [5, 5.41) is 0. The fraction of sp³-hybridized carbons (Fsp3) is 0.625. The van der Waals surface area contributed by atoms with Crippen molar-refractivity contribution in [2.75, 3.05) is 7.11 Å². The first-order chi connectivity index (χ1) is 8.61. The first-order valence-electron chi connectivity index (χ1n) is 6.90. The number of benzene rings is 1. The first-order valence-corrected chi connectivity index (χ1v) is 7.82. The Kier molecular flexibility index (Phi) is 4.71. The molecule has 0 N–H and O–H groups in total. The van der Waals surface area contributed by atoms with E-state index in [0.29, 0.717) is 4.83 Å². The second-order valence-electron chi connectivity index (χ2n) is 5.65. The fourth-order valence-electron chi connectivity index (χ4n) is 2.92. The zero-order valence-electron chi connectivity index (χ0n) is 11.6. The molecule has 1 aromatic rings. The molecule has 0 radical (unpaired) electrons. The topological polar surface area (TPSA) is 9.23 Å². The molecule has 100 valence electrons. The Morgan fingerprint density at radius 1 is 1.22 bits per heavy atom. The van der Waals surface area contributed by atoms with Gasteiger partial charge in [0, 0.05) is 4.83 Å². The summed E-state index contributed by atoms with van der Waals surface area (Å²) in [6.45, 7) is 4.49. The summed E-state index contributed by atoms with van der Waals surface area (Å²) in [7, 11) is 1.73. The van der Waals surface area contributed by atoms with Gasteiger partial charge in [-0.1, -0.05) is 47.8 Å². The number of alkyl halides is 1. The van der Waals surface area contributed by atoms with E-state index in [1.54, 1.807) is 7.11 Å². The molecule has 1 saturated carbocycles. The van der Waals surface area contributed by atoms with E-state index in [2.05, 4.69) is 48.0 Å². The van der Waals surface area contributed by atoms with Crippen molar-refractivity contribution in [3.05, 3.63) is 29.3 Å². The molecular formula is C16H23BrO. The SMILES string of the molecule is COc1ccc(C(Br)C2CCC(C)CC2)cc1C. The molecule has 0 aliphatic heterocycles. The zero-order valence-corrected chi connectivity index (χ0v) is 13.2. The monoisotopic (exact) mass is 310 g/mol. The maximum atomic E-state index is 5.32. The highest BCUT2D eigenvalue weighted by atomic mass is 79.9. The maximum Gasteiger partial charge on any atom is 0.121 e. The molecule has 0 aromatic heterocycles. The van der Waals surface area contributed by atoms with Gasteiger partial charge in [-0.2, -0.15) is 0 Å². The van der Waals surface area contributed by atoms with Crippen LogP contribution in [0.1, 0.15) is 48.6 Å². The maximum absolute atomic E-state index is 5.32.